The Hall–Kier alpha value is -0.810. The molecule has 1 aliphatic carbocycles. The zero-order valence-corrected chi connectivity index (χ0v) is 11.7. The lowest BCUT2D eigenvalue weighted by atomic mass is 9.76. The molecule has 3 N–H and O–H groups in total. The van der Waals surface area contributed by atoms with Crippen LogP contribution in [0.2, 0.25) is 0 Å². The average Bonchev–Trinajstić information content (AvgIpc) is 2.49. The number of amides is 1. The number of alkyl halides is 1. The van der Waals surface area contributed by atoms with E-state index in [1.54, 1.807) is 0 Å². The number of hydrogen-bond acceptors (Lipinski definition) is 2. The third-order valence-electron chi connectivity index (χ3n) is 3.70. The molecule has 1 heterocycles. The molecule has 3 atom stereocenters. The molecule has 1 saturated carbocycles. The fourth-order valence-corrected chi connectivity index (χ4v) is 3.22. The lowest BCUT2D eigenvalue weighted by Crippen LogP contribution is -2.52. The summed E-state index contributed by atoms with van der Waals surface area (Å²) in [4.78, 5) is 13.4. The normalized spacial score (nSPS) is 31.5. The van der Waals surface area contributed by atoms with E-state index >= 15 is 0 Å². The number of primary amides is 1. The number of halogens is 1. The van der Waals surface area contributed by atoms with Crippen LogP contribution in [0.15, 0.2) is 12.3 Å². The lowest BCUT2D eigenvalue weighted by molar-refractivity contribution is -0.123. The molecule has 2 aliphatic rings. The van der Waals surface area contributed by atoms with Crippen molar-refractivity contribution >= 4 is 34.8 Å². The minimum absolute atomic E-state index is 0.0281. The Bertz CT molecular complexity index is 374. The number of hydrogen-bond donors (Lipinski definition) is 2. The van der Waals surface area contributed by atoms with Crippen molar-refractivity contribution in [2.75, 3.05) is 12.4 Å². The summed E-state index contributed by atoms with van der Waals surface area (Å²) < 4.78 is 0. The van der Waals surface area contributed by atoms with E-state index in [9.17, 15) is 4.79 Å². The molecule has 1 fully saturated rings. The van der Waals surface area contributed by atoms with Crippen LogP contribution in [0.4, 0.5) is 0 Å². The molecule has 0 aromatic heterocycles. The average molecular weight is 288 g/mol. The highest BCUT2D eigenvalue weighted by molar-refractivity contribution is 7.80. The maximum Gasteiger partial charge on any atom is 0.222 e. The molecule has 2 rings (SSSR count). The van der Waals surface area contributed by atoms with Crippen LogP contribution in [0.1, 0.15) is 19.3 Å². The van der Waals surface area contributed by atoms with Gasteiger partial charge in [-0.15, -0.1) is 11.6 Å². The molecule has 1 amide bonds. The van der Waals surface area contributed by atoms with E-state index in [-0.39, 0.29) is 17.9 Å². The van der Waals surface area contributed by atoms with Crippen LogP contribution in [0.25, 0.3) is 0 Å². The molecule has 100 valence electrons. The first-order valence-electron chi connectivity index (χ1n) is 6.24. The van der Waals surface area contributed by atoms with E-state index in [1.165, 1.54) is 0 Å². The van der Waals surface area contributed by atoms with Gasteiger partial charge in [-0.1, -0.05) is 12.5 Å². The zero-order valence-electron chi connectivity index (χ0n) is 10.1. The molecule has 0 spiro atoms. The number of nitrogens with two attached hydrogens (primary N) is 1. The van der Waals surface area contributed by atoms with Crippen LogP contribution in [-0.4, -0.2) is 34.4 Å². The predicted molar refractivity (Wildman–Crippen MR) is 76.1 cm³/mol. The number of nitrogens with zero attached hydrogens (tertiary/aromatic N) is 1. The smallest absolute Gasteiger partial charge is 0.222 e. The third kappa shape index (κ3) is 2.78. The highest BCUT2D eigenvalue weighted by Crippen LogP contribution is 2.31. The first kappa shape index (κ1) is 13.6. The molecule has 4 nitrogen and oxygen atoms in total. The van der Waals surface area contributed by atoms with Gasteiger partial charge in [0.15, 0.2) is 5.11 Å². The van der Waals surface area contributed by atoms with Crippen LogP contribution in [0.5, 0.6) is 0 Å². The molecule has 0 saturated heterocycles. The summed E-state index contributed by atoms with van der Waals surface area (Å²) >= 11 is 11.1. The molecule has 3 unspecified atom stereocenters. The summed E-state index contributed by atoms with van der Waals surface area (Å²) in [7, 11) is 0. The Morgan fingerprint density at radius 3 is 3.06 bits per heavy atom. The molecule has 0 bridgehead atoms. The van der Waals surface area contributed by atoms with Crippen molar-refractivity contribution in [2.24, 2.45) is 17.6 Å². The van der Waals surface area contributed by atoms with Crippen LogP contribution in [-0.2, 0) is 4.79 Å². The van der Waals surface area contributed by atoms with Gasteiger partial charge in [0.05, 0.1) is 5.92 Å². The molecule has 0 aromatic carbocycles. The Morgan fingerprint density at radius 2 is 2.39 bits per heavy atom. The molecule has 0 radical (unpaired) electrons. The summed E-state index contributed by atoms with van der Waals surface area (Å²) in [5, 5.41) is 3.91. The van der Waals surface area contributed by atoms with Crippen molar-refractivity contribution in [1.82, 2.24) is 10.2 Å². The van der Waals surface area contributed by atoms with Crippen molar-refractivity contribution in [2.45, 2.75) is 25.3 Å². The van der Waals surface area contributed by atoms with Crippen LogP contribution < -0.4 is 11.1 Å². The SMILES string of the molecule is NC(=O)C1CCCC2C=CN(CCCl)C(=S)NC21. The largest absolute Gasteiger partial charge is 0.369 e. The van der Waals surface area contributed by atoms with Crippen LogP contribution >= 0.6 is 23.8 Å². The predicted octanol–water partition coefficient (Wildman–Crippen LogP) is 1.20. The fraction of sp³-hybridized carbons (Fsp3) is 0.667. The molecule has 18 heavy (non-hydrogen) atoms. The second-order valence-electron chi connectivity index (χ2n) is 4.80. The Morgan fingerprint density at radius 1 is 1.61 bits per heavy atom. The lowest BCUT2D eigenvalue weighted by Gasteiger charge is -2.35. The summed E-state index contributed by atoms with van der Waals surface area (Å²) in [5.41, 5.74) is 5.48. The minimum atomic E-state index is -0.237. The van der Waals surface area contributed by atoms with Gasteiger partial charge in [0.25, 0.3) is 0 Å². The van der Waals surface area contributed by atoms with Gasteiger partial charge in [-0.05, 0) is 31.0 Å². The number of carbonyl (C=O) groups excluding carboxylic acids is 1. The van der Waals surface area contributed by atoms with Crippen LogP contribution in [0.3, 0.4) is 0 Å². The van der Waals surface area contributed by atoms with Gasteiger partial charge in [-0.2, -0.15) is 0 Å². The maximum atomic E-state index is 11.5. The number of fused-ring (bicyclic) bond motifs is 1. The number of nitrogens with one attached hydrogen (secondary N) is 1. The maximum absolute atomic E-state index is 11.5. The van der Waals surface area contributed by atoms with Gasteiger partial charge >= 0.3 is 0 Å². The summed E-state index contributed by atoms with van der Waals surface area (Å²) in [5.74, 6) is 0.455. The third-order valence-corrected chi connectivity index (χ3v) is 4.22. The molecule has 6 heteroatoms. The van der Waals surface area contributed by atoms with Crippen molar-refractivity contribution in [3.63, 3.8) is 0 Å². The fourth-order valence-electron chi connectivity index (χ4n) is 2.75. The standard InChI is InChI=1S/C12H18ClN3OS/c13-5-7-16-6-4-8-2-1-3-9(11(14)17)10(8)15-12(16)18/h4,6,8-10H,1-3,5,7H2,(H2,14,17)(H,15,18). The van der Waals surface area contributed by atoms with Gasteiger partial charge in [0.1, 0.15) is 0 Å². The van der Waals surface area contributed by atoms with Crippen molar-refractivity contribution in [3.05, 3.63) is 12.3 Å². The van der Waals surface area contributed by atoms with Crippen LogP contribution in [0, 0.1) is 11.8 Å². The second kappa shape index (κ2) is 5.89. The molecule has 0 aromatic rings. The van der Waals surface area contributed by atoms with Gasteiger partial charge in [0.2, 0.25) is 5.91 Å². The number of thiocarbonyl (C=S) groups is 1. The van der Waals surface area contributed by atoms with Gasteiger partial charge in [-0.25, -0.2) is 0 Å². The number of rotatable bonds is 3. The topological polar surface area (TPSA) is 58.4 Å². The van der Waals surface area contributed by atoms with Crippen molar-refractivity contribution in [3.8, 4) is 0 Å². The van der Waals surface area contributed by atoms with E-state index in [0.29, 0.717) is 23.5 Å². The van der Waals surface area contributed by atoms with Gasteiger partial charge in [-0.3, -0.25) is 4.79 Å². The van der Waals surface area contributed by atoms with Crippen molar-refractivity contribution in [1.29, 1.82) is 0 Å². The number of carbonyl (C=O) groups is 1. The summed E-state index contributed by atoms with van der Waals surface area (Å²) in [6.45, 7) is 0.671. The highest BCUT2D eigenvalue weighted by Gasteiger charge is 2.37. The van der Waals surface area contributed by atoms with E-state index in [4.69, 9.17) is 29.6 Å². The van der Waals surface area contributed by atoms with E-state index in [2.05, 4.69) is 11.4 Å². The monoisotopic (exact) mass is 287 g/mol. The quantitative estimate of drug-likeness (QED) is 0.605. The van der Waals surface area contributed by atoms with E-state index in [0.717, 1.165) is 19.3 Å². The highest BCUT2D eigenvalue weighted by atomic mass is 35.5. The van der Waals surface area contributed by atoms with E-state index in [1.807, 2.05) is 11.1 Å². The minimum Gasteiger partial charge on any atom is -0.369 e. The first-order chi connectivity index (χ1) is 8.63. The Labute approximate surface area is 118 Å². The van der Waals surface area contributed by atoms with Gasteiger partial charge in [0, 0.05) is 24.7 Å². The molecular formula is C12H18ClN3OS. The molecular weight excluding hydrogens is 270 g/mol. The Balaban J connectivity index is 2.17. The first-order valence-corrected chi connectivity index (χ1v) is 7.18. The van der Waals surface area contributed by atoms with Crippen molar-refractivity contribution < 1.29 is 4.79 Å². The van der Waals surface area contributed by atoms with Gasteiger partial charge < -0.3 is 16.0 Å². The molecule has 1 aliphatic heterocycles. The van der Waals surface area contributed by atoms with E-state index < -0.39 is 0 Å². The zero-order chi connectivity index (χ0) is 13.1. The summed E-state index contributed by atoms with van der Waals surface area (Å²) in [6, 6.07) is 0.0281. The summed E-state index contributed by atoms with van der Waals surface area (Å²) in [6.07, 6.45) is 7.04. The second-order valence-corrected chi connectivity index (χ2v) is 5.57. The Kier molecular flexibility index (Phi) is 4.45.